The fraction of sp³-hybridized carbons (Fsp3) is 0.467. The standard InChI is InChI=1S/C15H19NO3/c1-15(2,14(18)19-3)9-10-4-6-12-11(8-10)5-7-13(17)16-12/h4,6,8H,5,7,9H2,1-3H3,(H,16,17). The lowest BCUT2D eigenvalue weighted by atomic mass is 9.85. The summed E-state index contributed by atoms with van der Waals surface area (Å²) < 4.78 is 4.82. The Hall–Kier alpha value is -1.84. The van der Waals surface area contributed by atoms with Crippen LogP contribution in [-0.4, -0.2) is 19.0 Å². The van der Waals surface area contributed by atoms with Crippen LogP contribution in [0.2, 0.25) is 0 Å². The molecule has 0 bridgehead atoms. The molecule has 1 aromatic carbocycles. The first-order valence-electron chi connectivity index (χ1n) is 6.42. The molecule has 2 rings (SSSR count). The van der Waals surface area contributed by atoms with Gasteiger partial charge in [-0.15, -0.1) is 0 Å². The number of aryl methyl sites for hydroxylation is 1. The van der Waals surface area contributed by atoms with E-state index < -0.39 is 5.41 Å². The zero-order valence-electron chi connectivity index (χ0n) is 11.6. The Morgan fingerprint density at radius 2 is 2.11 bits per heavy atom. The van der Waals surface area contributed by atoms with Crippen molar-refractivity contribution < 1.29 is 14.3 Å². The average Bonchev–Trinajstić information content (AvgIpc) is 2.37. The number of hydrogen-bond acceptors (Lipinski definition) is 3. The molecule has 1 aromatic rings. The fourth-order valence-corrected chi connectivity index (χ4v) is 2.41. The molecule has 0 saturated heterocycles. The summed E-state index contributed by atoms with van der Waals surface area (Å²) >= 11 is 0. The zero-order chi connectivity index (χ0) is 14.0. The van der Waals surface area contributed by atoms with Crippen LogP contribution in [0.15, 0.2) is 18.2 Å². The molecule has 102 valence electrons. The summed E-state index contributed by atoms with van der Waals surface area (Å²) in [5.74, 6) is -0.145. The third-order valence-corrected chi connectivity index (χ3v) is 3.45. The second kappa shape index (κ2) is 5.03. The smallest absolute Gasteiger partial charge is 0.311 e. The minimum Gasteiger partial charge on any atom is -0.469 e. The van der Waals surface area contributed by atoms with Gasteiger partial charge in [-0.3, -0.25) is 9.59 Å². The normalized spacial score (nSPS) is 14.6. The summed E-state index contributed by atoms with van der Waals surface area (Å²) in [5, 5.41) is 2.85. The minimum absolute atomic E-state index is 0.0649. The Morgan fingerprint density at radius 3 is 2.79 bits per heavy atom. The number of ether oxygens (including phenoxy) is 1. The molecular weight excluding hydrogens is 242 g/mol. The summed E-state index contributed by atoms with van der Waals surface area (Å²) in [6.45, 7) is 3.75. The molecule has 1 heterocycles. The van der Waals surface area contributed by atoms with Crippen molar-refractivity contribution in [2.24, 2.45) is 5.41 Å². The van der Waals surface area contributed by atoms with Gasteiger partial charge >= 0.3 is 5.97 Å². The number of amides is 1. The van der Waals surface area contributed by atoms with Gasteiger partial charge in [0.2, 0.25) is 5.91 Å². The van der Waals surface area contributed by atoms with Gasteiger partial charge in [0, 0.05) is 12.1 Å². The zero-order valence-corrected chi connectivity index (χ0v) is 11.6. The molecule has 4 heteroatoms. The molecule has 19 heavy (non-hydrogen) atoms. The number of hydrogen-bond donors (Lipinski definition) is 1. The van der Waals surface area contributed by atoms with Crippen molar-refractivity contribution in [3.63, 3.8) is 0 Å². The van der Waals surface area contributed by atoms with E-state index in [1.807, 2.05) is 26.0 Å². The van der Waals surface area contributed by atoms with E-state index in [9.17, 15) is 9.59 Å². The first kappa shape index (κ1) is 13.6. The van der Waals surface area contributed by atoms with Gasteiger partial charge in [0.15, 0.2) is 0 Å². The molecule has 0 aliphatic carbocycles. The summed E-state index contributed by atoms with van der Waals surface area (Å²) in [7, 11) is 1.41. The molecular formula is C15H19NO3. The van der Waals surface area contributed by atoms with Gasteiger partial charge < -0.3 is 10.1 Å². The molecule has 1 aliphatic heterocycles. The van der Waals surface area contributed by atoms with E-state index in [1.54, 1.807) is 0 Å². The topological polar surface area (TPSA) is 55.4 Å². The predicted molar refractivity (Wildman–Crippen MR) is 72.9 cm³/mol. The lowest BCUT2D eigenvalue weighted by molar-refractivity contribution is -0.150. The molecule has 1 N–H and O–H groups in total. The SMILES string of the molecule is COC(=O)C(C)(C)Cc1ccc2c(c1)CCC(=O)N2. The molecule has 4 nitrogen and oxygen atoms in total. The number of fused-ring (bicyclic) bond motifs is 1. The van der Waals surface area contributed by atoms with Crippen molar-refractivity contribution >= 4 is 17.6 Å². The second-order valence-corrected chi connectivity index (χ2v) is 5.59. The summed E-state index contributed by atoms with van der Waals surface area (Å²) in [4.78, 5) is 23.0. The number of nitrogens with one attached hydrogen (secondary N) is 1. The van der Waals surface area contributed by atoms with E-state index in [1.165, 1.54) is 7.11 Å². The van der Waals surface area contributed by atoms with Crippen molar-refractivity contribution in [2.45, 2.75) is 33.1 Å². The fourth-order valence-electron chi connectivity index (χ4n) is 2.41. The lowest BCUT2D eigenvalue weighted by Crippen LogP contribution is -2.28. The van der Waals surface area contributed by atoms with Gasteiger partial charge in [0.25, 0.3) is 0 Å². The van der Waals surface area contributed by atoms with Crippen molar-refractivity contribution in [1.82, 2.24) is 0 Å². The van der Waals surface area contributed by atoms with Crippen LogP contribution in [0.25, 0.3) is 0 Å². The minimum atomic E-state index is -0.541. The third kappa shape index (κ3) is 2.95. The monoisotopic (exact) mass is 261 g/mol. The van der Waals surface area contributed by atoms with Gasteiger partial charge in [0.1, 0.15) is 0 Å². The number of rotatable bonds is 3. The summed E-state index contributed by atoms with van der Waals surface area (Å²) in [6, 6.07) is 5.93. The Labute approximate surface area is 113 Å². The Kier molecular flexibility index (Phi) is 3.60. The maximum atomic E-state index is 11.7. The number of carbonyl (C=O) groups is 2. The van der Waals surface area contributed by atoms with Gasteiger partial charge in [-0.05, 0) is 43.9 Å². The predicted octanol–water partition coefficient (Wildman–Crippen LogP) is 2.31. The van der Waals surface area contributed by atoms with Crippen molar-refractivity contribution in [1.29, 1.82) is 0 Å². The van der Waals surface area contributed by atoms with Crippen LogP contribution in [0.1, 0.15) is 31.4 Å². The van der Waals surface area contributed by atoms with E-state index in [4.69, 9.17) is 4.74 Å². The highest BCUT2D eigenvalue weighted by Gasteiger charge is 2.29. The van der Waals surface area contributed by atoms with Crippen LogP contribution in [0.5, 0.6) is 0 Å². The number of methoxy groups -OCH3 is 1. The average molecular weight is 261 g/mol. The molecule has 0 fully saturated rings. The highest BCUT2D eigenvalue weighted by molar-refractivity contribution is 5.93. The van der Waals surface area contributed by atoms with Crippen LogP contribution in [0.3, 0.4) is 0 Å². The van der Waals surface area contributed by atoms with Gasteiger partial charge in [0.05, 0.1) is 12.5 Å². The highest BCUT2D eigenvalue weighted by Crippen LogP contribution is 2.28. The Bertz CT molecular complexity index is 520. The van der Waals surface area contributed by atoms with Crippen LogP contribution in [0.4, 0.5) is 5.69 Å². The van der Waals surface area contributed by atoms with Gasteiger partial charge in [-0.25, -0.2) is 0 Å². The molecule has 0 saturated carbocycles. The molecule has 0 spiro atoms. The van der Waals surface area contributed by atoms with Crippen LogP contribution in [0, 0.1) is 5.41 Å². The second-order valence-electron chi connectivity index (χ2n) is 5.59. The lowest BCUT2D eigenvalue weighted by Gasteiger charge is -2.23. The molecule has 0 unspecified atom stereocenters. The molecule has 1 amide bonds. The van der Waals surface area contributed by atoms with Gasteiger partial charge in [-0.1, -0.05) is 12.1 Å². The molecule has 1 aliphatic rings. The highest BCUT2D eigenvalue weighted by atomic mass is 16.5. The van der Waals surface area contributed by atoms with Crippen LogP contribution >= 0.6 is 0 Å². The maximum absolute atomic E-state index is 11.7. The van der Waals surface area contributed by atoms with E-state index in [0.717, 1.165) is 23.2 Å². The number of esters is 1. The Balaban J connectivity index is 2.19. The summed E-state index contributed by atoms with van der Waals surface area (Å²) in [5.41, 5.74) is 2.57. The van der Waals surface area contributed by atoms with E-state index in [2.05, 4.69) is 11.4 Å². The number of benzene rings is 1. The number of anilines is 1. The molecule has 0 atom stereocenters. The first-order valence-corrected chi connectivity index (χ1v) is 6.42. The third-order valence-electron chi connectivity index (χ3n) is 3.45. The molecule has 0 aromatic heterocycles. The van der Waals surface area contributed by atoms with Gasteiger partial charge in [-0.2, -0.15) is 0 Å². The quantitative estimate of drug-likeness (QED) is 0.849. The van der Waals surface area contributed by atoms with Crippen molar-refractivity contribution in [2.75, 3.05) is 12.4 Å². The van der Waals surface area contributed by atoms with Crippen molar-refractivity contribution in [3.8, 4) is 0 Å². The van der Waals surface area contributed by atoms with E-state index in [0.29, 0.717) is 12.8 Å². The van der Waals surface area contributed by atoms with Crippen molar-refractivity contribution in [3.05, 3.63) is 29.3 Å². The van der Waals surface area contributed by atoms with E-state index in [-0.39, 0.29) is 11.9 Å². The van der Waals surface area contributed by atoms with E-state index >= 15 is 0 Å². The van der Waals surface area contributed by atoms with Crippen LogP contribution in [-0.2, 0) is 27.2 Å². The summed E-state index contributed by atoms with van der Waals surface area (Å²) in [6.07, 6.45) is 1.91. The number of carbonyl (C=O) groups excluding carboxylic acids is 2. The largest absolute Gasteiger partial charge is 0.469 e. The Morgan fingerprint density at radius 1 is 1.37 bits per heavy atom. The first-order chi connectivity index (χ1) is 8.92. The van der Waals surface area contributed by atoms with Crippen LogP contribution < -0.4 is 5.32 Å². The molecule has 0 radical (unpaired) electrons. The maximum Gasteiger partial charge on any atom is 0.311 e.